The summed E-state index contributed by atoms with van der Waals surface area (Å²) in [4.78, 5) is 29.2. The van der Waals surface area contributed by atoms with Crippen LogP contribution in [0.1, 0.15) is 52.2 Å². The summed E-state index contributed by atoms with van der Waals surface area (Å²) >= 11 is 0. The molecule has 0 aliphatic heterocycles. The van der Waals surface area contributed by atoms with Crippen LogP contribution in [0.15, 0.2) is 83.8 Å². The lowest BCUT2D eigenvalue weighted by molar-refractivity contribution is -0.140. The first-order valence-electron chi connectivity index (χ1n) is 14.3. The number of ether oxygens (including phenoxy) is 1. The van der Waals surface area contributed by atoms with E-state index in [1.807, 2.05) is 71.9 Å². The number of carbonyl (C=O) groups excluding carboxylic acids is 2. The summed E-state index contributed by atoms with van der Waals surface area (Å²) in [5, 5.41) is 2.99. The fourth-order valence-electron chi connectivity index (χ4n) is 4.64. The summed E-state index contributed by atoms with van der Waals surface area (Å²) in [6, 6.07) is 22.2. The highest BCUT2D eigenvalue weighted by atomic mass is 32.2. The van der Waals surface area contributed by atoms with Crippen molar-refractivity contribution < 1.29 is 22.7 Å². The number of amides is 2. The van der Waals surface area contributed by atoms with Gasteiger partial charge in [-0.3, -0.25) is 13.9 Å². The normalized spacial score (nSPS) is 12.3. The van der Waals surface area contributed by atoms with E-state index in [1.54, 1.807) is 36.4 Å². The minimum atomic E-state index is -4.18. The van der Waals surface area contributed by atoms with Crippen molar-refractivity contribution in [3.8, 4) is 5.75 Å². The Kier molecular flexibility index (Phi) is 11.2. The van der Waals surface area contributed by atoms with Gasteiger partial charge in [-0.2, -0.15) is 0 Å². The number of carbonyl (C=O) groups is 2. The SMILES string of the molecule is CCOc1ccccc1N(CC(=O)N(CCc1ccccc1)C(CC)C(=O)NC(C)(C)C)S(=O)(=O)c1ccc(C)cc1. The number of hydrogen-bond donors (Lipinski definition) is 1. The molecule has 1 N–H and O–H groups in total. The van der Waals surface area contributed by atoms with E-state index in [0.717, 1.165) is 15.4 Å². The zero-order chi connectivity index (χ0) is 30.9. The van der Waals surface area contributed by atoms with Crippen LogP contribution in [-0.2, 0) is 26.0 Å². The van der Waals surface area contributed by atoms with Gasteiger partial charge in [0, 0.05) is 12.1 Å². The van der Waals surface area contributed by atoms with Crippen LogP contribution >= 0.6 is 0 Å². The van der Waals surface area contributed by atoms with Crippen molar-refractivity contribution in [3.05, 3.63) is 90.0 Å². The van der Waals surface area contributed by atoms with Crippen LogP contribution in [-0.4, -0.2) is 56.4 Å². The van der Waals surface area contributed by atoms with Gasteiger partial charge in [0.15, 0.2) is 0 Å². The van der Waals surface area contributed by atoms with Gasteiger partial charge in [-0.1, -0.05) is 67.1 Å². The molecule has 226 valence electrons. The Morgan fingerprint density at radius 3 is 2.12 bits per heavy atom. The Morgan fingerprint density at radius 1 is 0.905 bits per heavy atom. The monoisotopic (exact) mass is 593 g/mol. The average molecular weight is 594 g/mol. The third kappa shape index (κ3) is 8.58. The van der Waals surface area contributed by atoms with Crippen LogP contribution in [0.2, 0.25) is 0 Å². The maximum absolute atomic E-state index is 14.2. The molecular weight excluding hydrogens is 550 g/mol. The van der Waals surface area contributed by atoms with E-state index in [9.17, 15) is 18.0 Å². The Morgan fingerprint density at radius 2 is 1.52 bits per heavy atom. The molecule has 8 nitrogen and oxygen atoms in total. The first-order valence-corrected chi connectivity index (χ1v) is 15.8. The summed E-state index contributed by atoms with van der Waals surface area (Å²) < 4.78 is 35.1. The lowest BCUT2D eigenvalue weighted by Gasteiger charge is -2.35. The Balaban J connectivity index is 2.07. The summed E-state index contributed by atoms with van der Waals surface area (Å²) in [6.45, 7) is 11.2. The van der Waals surface area contributed by atoms with Crippen molar-refractivity contribution in [1.29, 1.82) is 0 Å². The van der Waals surface area contributed by atoms with Crippen molar-refractivity contribution in [2.24, 2.45) is 0 Å². The molecule has 9 heteroatoms. The summed E-state index contributed by atoms with van der Waals surface area (Å²) in [5.74, 6) is -0.422. The number of anilines is 1. The topological polar surface area (TPSA) is 96.0 Å². The predicted octanol–water partition coefficient (Wildman–Crippen LogP) is 5.35. The Bertz CT molecular complexity index is 1430. The maximum atomic E-state index is 14.2. The highest BCUT2D eigenvalue weighted by molar-refractivity contribution is 7.92. The van der Waals surface area contributed by atoms with E-state index in [1.165, 1.54) is 17.0 Å². The van der Waals surface area contributed by atoms with Gasteiger partial charge in [0.05, 0.1) is 17.2 Å². The van der Waals surface area contributed by atoms with E-state index in [-0.39, 0.29) is 23.0 Å². The second kappa shape index (κ2) is 14.4. The molecule has 3 aromatic rings. The predicted molar refractivity (Wildman–Crippen MR) is 167 cm³/mol. The minimum absolute atomic E-state index is 0.0561. The van der Waals surface area contributed by atoms with Gasteiger partial charge >= 0.3 is 0 Å². The molecule has 0 saturated carbocycles. The molecule has 0 spiro atoms. The number of benzene rings is 3. The molecule has 0 aromatic heterocycles. The quantitative estimate of drug-likeness (QED) is 0.288. The molecular formula is C33H43N3O5S. The largest absolute Gasteiger partial charge is 0.492 e. The fourth-order valence-corrected chi connectivity index (χ4v) is 6.07. The third-order valence-corrected chi connectivity index (χ3v) is 8.46. The molecule has 1 atom stereocenters. The molecule has 0 saturated heterocycles. The van der Waals surface area contributed by atoms with Crippen LogP contribution in [0, 0.1) is 6.92 Å². The van der Waals surface area contributed by atoms with E-state index >= 15 is 0 Å². The number of hydrogen-bond acceptors (Lipinski definition) is 5. The second-order valence-electron chi connectivity index (χ2n) is 11.2. The molecule has 0 aliphatic carbocycles. The first-order chi connectivity index (χ1) is 19.9. The van der Waals surface area contributed by atoms with Gasteiger partial charge in [-0.25, -0.2) is 8.42 Å². The van der Waals surface area contributed by atoms with Crippen LogP contribution in [0.4, 0.5) is 5.69 Å². The summed E-state index contributed by atoms with van der Waals surface area (Å²) in [5.41, 5.74) is 1.67. The maximum Gasteiger partial charge on any atom is 0.264 e. The van der Waals surface area contributed by atoms with Crippen molar-refractivity contribution in [2.45, 2.75) is 70.9 Å². The minimum Gasteiger partial charge on any atom is -0.492 e. The number of nitrogens with zero attached hydrogens (tertiary/aromatic N) is 2. The van der Waals surface area contributed by atoms with E-state index < -0.39 is 34.1 Å². The van der Waals surface area contributed by atoms with Gasteiger partial charge in [0.25, 0.3) is 10.0 Å². The van der Waals surface area contributed by atoms with Gasteiger partial charge in [0.2, 0.25) is 11.8 Å². The van der Waals surface area contributed by atoms with Crippen LogP contribution in [0.3, 0.4) is 0 Å². The number of aryl methyl sites for hydroxylation is 1. The first kappa shape index (κ1) is 32.7. The number of rotatable bonds is 13. The molecule has 3 aromatic carbocycles. The zero-order valence-electron chi connectivity index (χ0n) is 25.5. The van der Waals surface area contributed by atoms with E-state index in [0.29, 0.717) is 25.2 Å². The van der Waals surface area contributed by atoms with E-state index in [2.05, 4.69) is 5.32 Å². The van der Waals surface area contributed by atoms with Crippen molar-refractivity contribution in [3.63, 3.8) is 0 Å². The molecule has 42 heavy (non-hydrogen) atoms. The lowest BCUT2D eigenvalue weighted by atomic mass is 10.1. The summed E-state index contributed by atoms with van der Waals surface area (Å²) in [6.07, 6.45) is 0.870. The third-order valence-electron chi connectivity index (χ3n) is 6.69. The highest BCUT2D eigenvalue weighted by Crippen LogP contribution is 2.33. The summed E-state index contributed by atoms with van der Waals surface area (Å²) in [7, 11) is -4.18. The smallest absolute Gasteiger partial charge is 0.264 e. The van der Waals surface area contributed by atoms with Crippen molar-refractivity contribution in [2.75, 3.05) is 24.0 Å². The number of para-hydroxylation sites is 2. The average Bonchev–Trinajstić information content (AvgIpc) is 2.94. The fraction of sp³-hybridized carbons (Fsp3) is 0.394. The van der Waals surface area contributed by atoms with Crippen LogP contribution in [0.25, 0.3) is 0 Å². The molecule has 2 amide bonds. The lowest BCUT2D eigenvalue weighted by Crippen LogP contribution is -2.56. The van der Waals surface area contributed by atoms with Crippen LogP contribution in [0.5, 0.6) is 5.75 Å². The molecule has 3 rings (SSSR count). The Hall–Kier alpha value is -3.85. The van der Waals surface area contributed by atoms with Gasteiger partial charge in [-0.05, 0) is 77.3 Å². The number of sulfonamides is 1. The molecule has 0 fully saturated rings. The molecule has 0 aliphatic rings. The van der Waals surface area contributed by atoms with Crippen molar-refractivity contribution >= 4 is 27.5 Å². The molecule has 0 bridgehead atoms. The van der Waals surface area contributed by atoms with Gasteiger partial charge in [-0.15, -0.1) is 0 Å². The molecule has 0 heterocycles. The molecule has 0 radical (unpaired) electrons. The standard InChI is InChI=1S/C33H43N3O5S/c1-7-28(32(38)34-33(4,5)6)35(23-22-26-14-10-9-11-15-26)31(37)24-36(29-16-12-13-17-30(29)41-8-2)42(39,40)27-20-18-25(3)19-21-27/h9-21,28H,7-8,22-24H2,1-6H3,(H,34,38). The zero-order valence-corrected chi connectivity index (χ0v) is 26.3. The van der Waals surface area contributed by atoms with Gasteiger partial charge < -0.3 is 15.0 Å². The van der Waals surface area contributed by atoms with E-state index in [4.69, 9.17) is 4.74 Å². The van der Waals surface area contributed by atoms with Gasteiger partial charge in [0.1, 0.15) is 18.3 Å². The van der Waals surface area contributed by atoms with Crippen molar-refractivity contribution in [1.82, 2.24) is 10.2 Å². The van der Waals surface area contributed by atoms with Crippen LogP contribution < -0.4 is 14.4 Å². The second-order valence-corrected chi connectivity index (χ2v) is 13.1. The number of nitrogens with one attached hydrogen (secondary N) is 1. The molecule has 1 unspecified atom stereocenters. The Labute approximate surface area is 250 Å². The highest BCUT2D eigenvalue weighted by Gasteiger charge is 2.35.